The van der Waals surface area contributed by atoms with E-state index in [2.05, 4.69) is 20.9 Å². The molecule has 252 valence electrons. The van der Waals surface area contributed by atoms with E-state index in [0.717, 1.165) is 40.4 Å². The largest absolute Gasteiger partial charge is 0.508 e. The number of primary amides is 1. The van der Waals surface area contributed by atoms with Gasteiger partial charge in [0.25, 0.3) is 0 Å². The van der Waals surface area contributed by atoms with Gasteiger partial charge in [0.2, 0.25) is 23.6 Å². The molecule has 4 amide bonds. The van der Waals surface area contributed by atoms with Crippen molar-refractivity contribution in [1.82, 2.24) is 20.9 Å². The lowest BCUT2D eigenvalue weighted by Gasteiger charge is -2.33. The van der Waals surface area contributed by atoms with Crippen LogP contribution in [-0.2, 0) is 32.0 Å². The maximum absolute atomic E-state index is 14.0. The molecule has 0 aliphatic heterocycles. The second-order valence-electron chi connectivity index (χ2n) is 12.7. The second kappa shape index (κ2) is 15.6. The number of aromatic nitrogens is 1. The molecule has 4 aromatic rings. The van der Waals surface area contributed by atoms with Crippen LogP contribution in [0.3, 0.4) is 0 Å². The first-order chi connectivity index (χ1) is 23.1. The van der Waals surface area contributed by atoms with Crippen LogP contribution in [0.5, 0.6) is 5.75 Å². The van der Waals surface area contributed by atoms with Crippen molar-refractivity contribution < 1.29 is 24.3 Å². The zero-order valence-electron chi connectivity index (χ0n) is 27.0. The topological polar surface area (TPSA) is 192 Å². The Morgan fingerprint density at radius 3 is 2.29 bits per heavy atom. The maximum atomic E-state index is 14.0. The van der Waals surface area contributed by atoms with E-state index in [9.17, 15) is 24.3 Å². The number of hydrogen-bond donors (Lipinski definition) is 7. The third-order valence-corrected chi connectivity index (χ3v) is 9.32. The summed E-state index contributed by atoms with van der Waals surface area (Å²) in [7, 11) is 0. The third-order valence-electron chi connectivity index (χ3n) is 9.32. The summed E-state index contributed by atoms with van der Waals surface area (Å²) >= 11 is 0. The summed E-state index contributed by atoms with van der Waals surface area (Å²) in [5, 5.41) is 19.3. The predicted octanol–water partition coefficient (Wildman–Crippen LogP) is 2.92. The molecule has 6 atom stereocenters. The number of para-hydroxylation sites is 1. The van der Waals surface area contributed by atoms with E-state index in [1.165, 1.54) is 12.1 Å². The lowest BCUT2D eigenvalue weighted by molar-refractivity contribution is -0.134. The average Bonchev–Trinajstić information content (AvgIpc) is 3.50. The third kappa shape index (κ3) is 8.40. The first kappa shape index (κ1) is 34.2. The van der Waals surface area contributed by atoms with E-state index < -0.39 is 47.8 Å². The molecule has 0 spiro atoms. The van der Waals surface area contributed by atoms with E-state index >= 15 is 0 Å². The minimum absolute atomic E-state index is 0.125. The summed E-state index contributed by atoms with van der Waals surface area (Å²) in [6.45, 7) is 1.82. The Bertz CT molecular complexity index is 1720. The molecule has 1 aliphatic carbocycles. The SMILES string of the molecule is C[C@H](c1ccccc1)[C@@H](NC(=O)[C@H](Cc1c[nH]c2ccccc12)NC(=O)[C@H]1CCCC[C@H]1NC(=O)[C@@H](N)Cc1ccc(O)cc1)C(N)=O. The number of nitrogens with one attached hydrogen (secondary N) is 4. The fraction of sp³-hybridized carbons (Fsp3) is 0.351. The van der Waals surface area contributed by atoms with Crippen LogP contribution in [0.15, 0.2) is 85.1 Å². The molecule has 11 nitrogen and oxygen atoms in total. The number of phenolic OH excluding ortho intramolecular Hbond substituents is 1. The van der Waals surface area contributed by atoms with Crippen LogP contribution in [-0.4, -0.2) is 57.9 Å². The number of nitrogens with two attached hydrogens (primary N) is 2. The molecule has 11 heteroatoms. The van der Waals surface area contributed by atoms with Crippen molar-refractivity contribution in [3.63, 3.8) is 0 Å². The maximum Gasteiger partial charge on any atom is 0.243 e. The number of carbonyl (C=O) groups is 4. The van der Waals surface area contributed by atoms with Crippen LogP contribution in [0, 0.1) is 5.92 Å². The lowest BCUT2D eigenvalue weighted by Crippen LogP contribution is -2.58. The van der Waals surface area contributed by atoms with Crippen LogP contribution < -0.4 is 27.4 Å². The number of rotatable bonds is 13. The van der Waals surface area contributed by atoms with Crippen molar-refractivity contribution in [2.24, 2.45) is 17.4 Å². The molecule has 1 saturated carbocycles. The number of hydrogen-bond acceptors (Lipinski definition) is 6. The van der Waals surface area contributed by atoms with Crippen molar-refractivity contribution in [2.45, 2.75) is 75.5 Å². The molecule has 0 bridgehead atoms. The number of amides is 4. The van der Waals surface area contributed by atoms with Crippen molar-refractivity contribution >= 4 is 34.5 Å². The predicted molar refractivity (Wildman–Crippen MR) is 184 cm³/mol. The van der Waals surface area contributed by atoms with Crippen molar-refractivity contribution in [3.8, 4) is 5.75 Å². The van der Waals surface area contributed by atoms with Gasteiger partial charge in [-0.2, -0.15) is 0 Å². The van der Waals surface area contributed by atoms with Crippen molar-refractivity contribution in [1.29, 1.82) is 0 Å². The zero-order valence-corrected chi connectivity index (χ0v) is 27.0. The highest BCUT2D eigenvalue weighted by Gasteiger charge is 2.36. The molecule has 48 heavy (non-hydrogen) atoms. The molecule has 5 rings (SSSR count). The van der Waals surface area contributed by atoms with Gasteiger partial charge in [-0.15, -0.1) is 0 Å². The summed E-state index contributed by atoms with van der Waals surface area (Å²) in [5.74, 6) is -2.83. The van der Waals surface area contributed by atoms with Crippen LogP contribution in [0.4, 0.5) is 0 Å². The Hall–Kier alpha value is -5.16. The van der Waals surface area contributed by atoms with Crippen LogP contribution in [0.1, 0.15) is 55.2 Å². The quantitative estimate of drug-likeness (QED) is 0.116. The Labute approximate surface area is 279 Å². The number of carbonyl (C=O) groups excluding carboxylic acids is 4. The Morgan fingerprint density at radius 2 is 1.56 bits per heavy atom. The number of H-pyrrole nitrogens is 1. The lowest BCUT2D eigenvalue weighted by atomic mass is 9.83. The smallest absolute Gasteiger partial charge is 0.243 e. The van der Waals surface area contributed by atoms with E-state index in [0.29, 0.717) is 12.8 Å². The van der Waals surface area contributed by atoms with Gasteiger partial charge < -0.3 is 37.5 Å². The van der Waals surface area contributed by atoms with Gasteiger partial charge in [-0.1, -0.05) is 80.4 Å². The van der Waals surface area contributed by atoms with Gasteiger partial charge in [0.05, 0.1) is 12.0 Å². The second-order valence-corrected chi connectivity index (χ2v) is 12.7. The average molecular weight is 653 g/mol. The molecule has 1 aliphatic rings. The molecule has 3 aromatic carbocycles. The summed E-state index contributed by atoms with van der Waals surface area (Å²) < 4.78 is 0. The van der Waals surface area contributed by atoms with Gasteiger partial charge >= 0.3 is 0 Å². The van der Waals surface area contributed by atoms with E-state index in [-0.39, 0.29) is 30.4 Å². The molecule has 9 N–H and O–H groups in total. The molecule has 0 unspecified atom stereocenters. The zero-order chi connectivity index (χ0) is 34.2. The van der Waals surface area contributed by atoms with E-state index in [4.69, 9.17) is 11.5 Å². The molecular weight excluding hydrogens is 608 g/mol. The summed E-state index contributed by atoms with van der Waals surface area (Å²) in [6.07, 6.45) is 4.99. The molecular formula is C37H44N6O5. The number of phenols is 1. The first-order valence-corrected chi connectivity index (χ1v) is 16.4. The van der Waals surface area contributed by atoms with Crippen molar-refractivity contribution in [2.75, 3.05) is 0 Å². The highest BCUT2D eigenvalue weighted by atomic mass is 16.3. The normalized spacial score (nSPS) is 18.6. The van der Waals surface area contributed by atoms with Gasteiger partial charge in [-0.05, 0) is 54.2 Å². The van der Waals surface area contributed by atoms with Crippen LogP contribution >= 0.6 is 0 Å². The molecule has 1 heterocycles. The number of aromatic amines is 1. The molecule has 0 radical (unpaired) electrons. The standard InChI is InChI=1S/C37H44N6O5/c1-22(24-9-3-2-4-10-24)33(34(39)45)43-37(48)32(20-25-21-40-30-13-7-5-11-27(25)30)42-35(46)28-12-6-8-14-31(28)41-36(47)29(38)19-23-15-17-26(44)18-16-23/h2-5,7,9-11,13,15-18,21-22,28-29,31-33,40,44H,6,8,12,14,19-20,38H2,1H3,(H2,39,45)(H,41,47)(H,42,46)(H,43,48)/t22-,28+,29+,31-,32+,33-/m1/s1. The van der Waals surface area contributed by atoms with Gasteiger partial charge in [0.15, 0.2) is 0 Å². The number of fused-ring (bicyclic) bond motifs is 1. The van der Waals surface area contributed by atoms with Gasteiger partial charge in [-0.3, -0.25) is 19.2 Å². The Kier molecular flexibility index (Phi) is 11.1. The van der Waals surface area contributed by atoms with Crippen LogP contribution in [0.2, 0.25) is 0 Å². The molecule has 0 saturated heterocycles. The number of aromatic hydroxyl groups is 1. The first-order valence-electron chi connectivity index (χ1n) is 16.4. The van der Waals surface area contributed by atoms with Crippen molar-refractivity contribution in [3.05, 3.63) is 102 Å². The molecule has 1 fully saturated rings. The summed E-state index contributed by atoms with van der Waals surface area (Å²) in [5.41, 5.74) is 15.4. The number of benzene rings is 3. The van der Waals surface area contributed by atoms with E-state index in [1.54, 1.807) is 12.1 Å². The fourth-order valence-electron chi connectivity index (χ4n) is 6.54. The van der Waals surface area contributed by atoms with E-state index in [1.807, 2.05) is 67.7 Å². The Morgan fingerprint density at radius 1 is 0.875 bits per heavy atom. The molecule has 1 aromatic heterocycles. The highest BCUT2D eigenvalue weighted by molar-refractivity contribution is 5.94. The summed E-state index contributed by atoms with van der Waals surface area (Å²) in [4.78, 5) is 56.9. The highest BCUT2D eigenvalue weighted by Crippen LogP contribution is 2.26. The fourth-order valence-corrected chi connectivity index (χ4v) is 6.54. The Balaban J connectivity index is 1.33. The summed E-state index contributed by atoms with van der Waals surface area (Å²) in [6, 6.07) is 20.1. The van der Waals surface area contributed by atoms with Crippen LogP contribution in [0.25, 0.3) is 10.9 Å². The van der Waals surface area contributed by atoms with Gasteiger partial charge in [-0.25, -0.2) is 0 Å². The minimum Gasteiger partial charge on any atom is -0.508 e. The monoisotopic (exact) mass is 652 g/mol. The van der Waals surface area contributed by atoms with Gasteiger partial charge in [0.1, 0.15) is 17.8 Å². The van der Waals surface area contributed by atoms with Gasteiger partial charge in [0, 0.05) is 35.5 Å². The minimum atomic E-state index is -1.03.